The second kappa shape index (κ2) is 15.0. The molecule has 5 aromatic rings. The van der Waals surface area contributed by atoms with Crippen molar-refractivity contribution in [1.29, 1.82) is 0 Å². The molecule has 0 saturated heterocycles. The summed E-state index contributed by atoms with van der Waals surface area (Å²) >= 11 is 6.18. The van der Waals surface area contributed by atoms with Crippen LogP contribution in [-0.2, 0) is 27.4 Å². The van der Waals surface area contributed by atoms with E-state index in [1.54, 1.807) is 72.9 Å². The van der Waals surface area contributed by atoms with Crippen molar-refractivity contribution in [1.82, 2.24) is 30.5 Å². The Kier molecular flexibility index (Phi) is 10.2. The van der Waals surface area contributed by atoms with Crippen LogP contribution in [0.15, 0.2) is 110 Å². The van der Waals surface area contributed by atoms with Gasteiger partial charge >= 0.3 is 6.09 Å². The van der Waals surface area contributed by atoms with Crippen LogP contribution in [0.3, 0.4) is 0 Å². The molecule has 3 aromatic carbocycles. The number of halogens is 1. The second-order valence-corrected chi connectivity index (χ2v) is 10.1. The fraction of sp³-hybridized carbons (Fsp3) is 0.0938. The van der Waals surface area contributed by atoms with Crippen LogP contribution in [0.1, 0.15) is 16.8 Å². The number of benzene rings is 3. The Morgan fingerprint density at radius 2 is 1.67 bits per heavy atom. The average Bonchev–Trinajstić information content (AvgIpc) is 3.59. The van der Waals surface area contributed by atoms with Gasteiger partial charge in [-0.1, -0.05) is 48.0 Å². The van der Waals surface area contributed by atoms with Crippen LogP contribution in [-0.4, -0.2) is 49.1 Å². The Labute approximate surface area is 263 Å². The molecule has 0 fully saturated rings. The van der Waals surface area contributed by atoms with Crippen molar-refractivity contribution in [3.05, 3.63) is 131 Å². The normalized spacial score (nSPS) is 11.5. The van der Waals surface area contributed by atoms with Gasteiger partial charge in [0, 0.05) is 40.7 Å². The number of carbonyl (C=O) groups is 3. The van der Waals surface area contributed by atoms with E-state index in [1.165, 1.54) is 17.1 Å². The van der Waals surface area contributed by atoms with Crippen molar-refractivity contribution in [2.45, 2.75) is 19.1 Å². The second-order valence-electron chi connectivity index (χ2n) is 9.63. The van der Waals surface area contributed by atoms with Gasteiger partial charge in [-0.3, -0.25) is 19.9 Å². The molecule has 3 amide bonds. The van der Waals surface area contributed by atoms with Gasteiger partial charge in [-0.25, -0.2) is 4.79 Å². The van der Waals surface area contributed by atoms with Crippen LogP contribution in [0.4, 0.5) is 16.2 Å². The molecule has 0 aliphatic heterocycles. The van der Waals surface area contributed by atoms with E-state index in [1.807, 2.05) is 30.3 Å². The molecule has 1 unspecified atom stereocenters. The van der Waals surface area contributed by atoms with Crippen molar-refractivity contribution in [2.75, 3.05) is 10.6 Å². The van der Waals surface area contributed by atoms with Gasteiger partial charge in [-0.2, -0.15) is 4.68 Å². The largest absolute Gasteiger partial charge is 0.443 e. The summed E-state index contributed by atoms with van der Waals surface area (Å²) in [4.78, 5) is 42.7. The monoisotopic (exact) mass is 622 g/mol. The van der Waals surface area contributed by atoms with Crippen molar-refractivity contribution >= 4 is 47.0 Å². The third-order valence-electron chi connectivity index (χ3n) is 6.39. The van der Waals surface area contributed by atoms with Crippen molar-refractivity contribution in [2.24, 2.45) is 0 Å². The Morgan fingerprint density at radius 3 is 2.38 bits per heavy atom. The maximum Gasteiger partial charge on any atom is 0.412 e. The molecule has 1 atom stereocenters. The van der Waals surface area contributed by atoms with Crippen LogP contribution in [0.5, 0.6) is 0 Å². The summed E-state index contributed by atoms with van der Waals surface area (Å²) in [5, 5.41) is 19.9. The highest BCUT2D eigenvalue weighted by atomic mass is 35.5. The lowest BCUT2D eigenvalue weighted by Crippen LogP contribution is -2.44. The van der Waals surface area contributed by atoms with Crippen molar-refractivity contribution < 1.29 is 19.1 Å². The lowest BCUT2D eigenvalue weighted by Gasteiger charge is -2.18. The molecule has 13 heteroatoms. The third-order valence-corrected chi connectivity index (χ3v) is 6.63. The molecule has 12 nitrogen and oxygen atoms in total. The quantitative estimate of drug-likeness (QED) is 0.177. The summed E-state index contributed by atoms with van der Waals surface area (Å²) < 4.78 is 6.64. The molecule has 0 aliphatic carbocycles. The molecule has 226 valence electrons. The number of tetrazole rings is 1. The molecular weight excluding hydrogens is 596 g/mol. The highest BCUT2D eigenvalue weighted by Gasteiger charge is 2.21. The maximum atomic E-state index is 13.4. The van der Waals surface area contributed by atoms with Crippen LogP contribution in [0.2, 0.25) is 5.02 Å². The van der Waals surface area contributed by atoms with E-state index in [2.05, 4.69) is 36.5 Å². The summed E-state index contributed by atoms with van der Waals surface area (Å²) in [7, 11) is 0. The summed E-state index contributed by atoms with van der Waals surface area (Å²) in [5.74, 6) is -0.911. The summed E-state index contributed by atoms with van der Waals surface area (Å²) in [6, 6.07) is 25.4. The van der Waals surface area contributed by atoms with Crippen LogP contribution in [0, 0.1) is 0 Å². The fourth-order valence-corrected chi connectivity index (χ4v) is 4.41. The van der Waals surface area contributed by atoms with Gasteiger partial charge in [0.1, 0.15) is 19.0 Å². The predicted molar refractivity (Wildman–Crippen MR) is 168 cm³/mol. The molecule has 0 saturated carbocycles. The van der Waals surface area contributed by atoms with Gasteiger partial charge in [0.25, 0.3) is 0 Å². The number of ether oxygens (including phenoxy) is 1. The SMILES string of the molecule is O=C(C=Cc1cc(Cl)ccc1-n1cnnn1)NC(Cc1ccccc1)C(=O)Nc1ccc(NC(=O)OCc2ccccn2)cc1. The zero-order valence-corrected chi connectivity index (χ0v) is 24.5. The number of rotatable bonds is 11. The van der Waals surface area contributed by atoms with E-state index in [0.29, 0.717) is 33.3 Å². The molecule has 0 radical (unpaired) electrons. The molecule has 3 N–H and O–H groups in total. The number of nitrogens with zero attached hydrogens (tertiary/aromatic N) is 5. The smallest absolute Gasteiger partial charge is 0.412 e. The molecule has 45 heavy (non-hydrogen) atoms. The predicted octanol–water partition coefficient (Wildman–Crippen LogP) is 4.84. The van der Waals surface area contributed by atoms with Gasteiger partial charge in [0.15, 0.2) is 0 Å². The Bertz CT molecular complexity index is 1770. The number of carbonyl (C=O) groups excluding carboxylic acids is 3. The highest BCUT2D eigenvalue weighted by Crippen LogP contribution is 2.20. The van der Waals surface area contributed by atoms with Crippen LogP contribution < -0.4 is 16.0 Å². The minimum atomic E-state index is -0.901. The van der Waals surface area contributed by atoms with Crippen molar-refractivity contribution in [3.63, 3.8) is 0 Å². The van der Waals surface area contributed by atoms with Gasteiger partial charge < -0.3 is 15.4 Å². The Hall–Kier alpha value is -5.88. The molecule has 5 rings (SSSR count). The minimum absolute atomic E-state index is 0.0318. The number of hydrogen-bond donors (Lipinski definition) is 3. The zero-order valence-electron chi connectivity index (χ0n) is 23.7. The number of hydrogen-bond acceptors (Lipinski definition) is 8. The lowest BCUT2D eigenvalue weighted by atomic mass is 10.0. The van der Waals surface area contributed by atoms with Gasteiger partial charge in [0.05, 0.1) is 11.4 Å². The first-order valence-corrected chi connectivity index (χ1v) is 14.1. The standard InChI is InChI=1S/C32H27ClN8O4/c33-24-10-15-29(41-21-35-39-40-41)23(19-24)9-16-30(42)38-28(18-22-6-2-1-3-7-22)31(43)36-25-11-13-26(14-12-25)37-32(44)45-20-27-8-4-5-17-34-27/h1-17,19,21,28H,18,20H2,(H,36,43)(H,37,44)(H,38,42). The first kappa shape index (κ1) is 30.6. The van der Waals surface area contributed by atoms with E-state index in [-0.39, 0.29) is 13.0 Å². The Balaban J connectivity index is 1.23. The molecule has 0 spiro atoms. The van der Waals surface area contributed by atoms with Gasteiger partial charge in [-0.05, 0) is 76.7 Å². The summed E-state index contributed by atoms with van der Waals surface area (Å²) in [5.41, 5.74) is 3.65. The first-order valence-electron chi connectivity index (χ1n) is 13.7. The topological polar surface area (TPSA) is 153 Å². The number of nitrogens with one attached hydrogen (secondary N) is 3. The maximum absolute atomic E-state index is 13.4. The number of anilines is 2. The van der Waals surface area contributed by atoms with Crippen LogP contribution >= 0.6 is 11.6 Å². The summed E-state index contributed by atoms with van der Waals surface area (Å²) in [6.07, 6.45) is 5.55. The molecule has 2 heterocycles. The van der Waals surface area contributed by atoms with Crippen molar-refractivity contribution in [3.8, 4) is 5.69 Å². The molecule has 0 aliphatic rings. The zero-order chi connectivity index (χ0) is 31.4. The average molecular weight is 623 g/mol. The van der Waals surface area contributed by atoms with Gasteiger partial charge in [0.2, 0.25) is 11.8 Å². The number of pyridine rings is 1. The first-order chi connectivity index (χ1) is 21.9. The third kappa shape index (κ3) is 9.05. The van der Waals surface area contributed by atoms with Crippen LogP contribution in [0.25, 0.3) is 11.8 Å². The van der Waals surface area contributed by atoms with E-state index in [4.69, 9.17) is 16.3 Å². The van der Waals surface area contributed by atoms with Gasteiger partial charge in [-0.15, -0.1) is 5.10 Å². The van der Waals surface area contributed by atoms with E-state index in [9.17, 15) is 14.4 Å². The minimum Gasteiger partial charge on any atom is -0.443 e. The summed E-state index contributed by atoms with van der Waals surface area (Å²) in [6.45, 7) is 0.0318. The molecule has 2 aromatic heterocycles. The lowest BCUT2D eigenvalue weighted by molar-refractivity contribution is -0.123. The van der Waals surface area contributed by atoms with E-state index >= 15 is 0 Å². The molecular formula is C32H27ClN8O4. The van der Waals surface area contributed by atoms with E-state index < -0.39 is 23.9 Å². The van der Waals surface area contributed by atoms with E-state index in [0.717, 1.165) is 5.56 Å². The Morgan fingerprint density at radius 1 is 0.911 bits per heavy atom. The molecule has 0 bridgehead atoms. The number of aromatic nitrogens is 5. The number of amides is 3. The fourth-order valence-electron chi connectivity index (χ4n) is 4.23. The highest BCUT2D eigenvalue weighted by molar-refractivity contribution is 6.30.